The third kappa shape index (κ3) is 3.30. The molecule has 1 atom stereocenters. The highest BCUT2D eigenvalue weighted by Gasteiger charge is 2.32. The molecule has 1 saturated heterocycles. The van der Waals surface area contributed by atoms with Crippen LogP contribution < -0.4 is 5.32 Å². The average molecular weight is 388 g/mol. The summed E-state index contributed by atoms with van der Waals surface area (Å²) in [6.45, 7) is 0.533. The molecule has 1 fully saturated rings. The fourth-order valence-corrected chi connectivity index (χ4v) is 3.27. The number of nitrogens with zero attached hydrogens (tertiary/aromatic N) is 2. The van der Waals surface area contributed by atoms with Gasteiger partial charge in [-0.2, -0.15) is 0 Å². The number of aromatic nitrogens is 2. The van der Waals surface area contributed by atoms with Gasteiger partial charge in [0.1, 0.15) is 5.69 Å². The van der Waals surface area contributed by atoms with E-state index in [4.69, 9.17) is 0 Å². The van der Waals surface area contributed by atoms with Crippen LogP contribution in [0.5, 0.6) is 0 Å². The third-order valence-electron chi connectivity index (χ3n) is 4.72. The van der Waals surface area contributed by atoms with Crippen LogP contribution in [0.2, 0.25) is 0 Å². The molecule has 0 spiro atoms. The smallest absolute Gasteiger partial charge is 0.270 e. The van der Waals surface area contributed by atoms with E-state index in [1.54, 1.807) is 24.4 Å². The Morgan fingerprint density at radius 3 is 2.64 bits per heavy atom. The van der Waals surface area contributed by atoms with Gasteiger partial charge in [-0.1, -0.05) is 0 Å². The maximum atomic E-state index is 13.3. The largest absolute Gasteiger partial charge is 0.349 e. The van der Waals surface area contributed by atoms with Crippen LogP contribution in [0.1, 0.15) is 16.9 Å². The molecular weight excluding hydrogens is 373 g/mol. The molecule has 0 aliphatic carbocycles. The molecule has 1 aliphatic rings. The van der Waals surface area contributed by atoms with Crippen LogP contribution in [0, 0.1) is 23.4 Å². The quantitative estimate of drug-likeness (QED) is 0.677. The number of nitrogens with one attached hydrogen (secondary N) is 2. The highest BCUT2D eigenvalue weighted by Crippen LogP contribution is 2.23. The number of halogens is 3. The van der Waals surface area contributed by atoms with Gasteiger partial charge in [0.15, 0.2) is 17.5 Å². The van der Waals surface area contributed by atoms with Gasteiger partial charge >= 0.3 is 0 Å². The number of anilines is 1. The molecule has 4 rings (SSSR count). The molecule has 1 aliphatic heterocycles. The summed E-state index contributed by atoms with van der Waals surface area (Å²) in [6, 6.07) is 6.64. The highest BCUT2D eigenvalue weighted by molar-refractivity contribution is 5.98. The predicted molar refractivity (Wildman–Crippen MR) is 95.0 cm³/mol. The Morgan fingerprint density at radius 2 is 1.93 bits per heavy atom. The van der Waals surface area contributed by atoms with Crippen LogP contribution in [-0.4, -0.2) is 39.8 Å². The zero-order valence-corrected chi connectivity index (χ0v) is 14.5. The summed E-state index contributed by atoms with van der Waals surface area (Å²) in [5, 5.41) is 2.37. The van der Waals surface area contributed by atoms with Gasteiger partial charge in [-0.15, -0.1) is 0 Å². The van der Waals surface area contributed by atoms with Crippen molar-refractivity contribution in [2.75, 3.05) is 18.4 Å². The fraction of sp³-hybridized carbons (Fsp3) is 0.211. The maximum absolute atomic E-state index is 13.3. The summed E-state index contributed by atoms with van der Waals surface area (Å²) in [5.41, 5.74) is 1.60. The van der Waals surface area contributed by atoms with Crippen LogP contribution in [0.25, 0.3) is 11.0 Å². The Morgan fingerprint density at radius 1 is 1.18 bits per heavy atom. The molecular formula is C19H15F3N4O2. The van der Waals surface area contributed by atoms with Gasteiger partial charge in [0.2, 0.25) is 5.91 Å². The minimum Gasteiger partial charge on any atom is -0.349 e. The summed E-state index contributed by atoms with van der Waals surface area (Å²) >= 11 is 0. The van der Waals surface area contributed by atoms with Crippen LogP contribution in [0.15, 0.2) is 36.5 Å². The van der Waals surface area contributed by atoms with Crippen molar-refractivity contribution in [1.29, 1.82) is 0 Å². The van der Waals surface area contributed by atoms with Crippen molar-refractivity contribution in [1.82, 2.24) is 14.9 Å². The SMILES string of the molecule is O=C(Nc1cc(F)c(F)c(F)c1)[C@H]1CCN(C(=O)c2cc3ncccc3[nH]2)C1. The molecule has 0 bridgehead atoms. The van der Waals surface area contributed by atoms with Crippen molar-refractivity contribution in [3.63, 3.8) is 0 Å². The van der Waals surface area contributed by atoms with Gasteiger partial charge in [0.05, 0.1) is 17.0 Å². The van der Waals surface area contributed by atoms with Crippen LogP contribution in [-0.2, 0) is 4.79 Å². The molecule has 1 aromatic carbocycles. The third-order valence-corrected chi connectivity index (χ3v) is 4.72. The van der Waals surface area contributed by atoms with E-state index in [1.165, 1.54) is 4.90 Å². The lowest BCUT2D eigenvalue weighted by atomic mass is 10.1. The van der Waals surface area contributed by atoms with E-state index in [9.17, 15) is 22.8 Å². The van der Waals surface area contributed by atoms with Gasteiger partial charge in [0, 0.05) is 37.1 Å². The number of carbonyl (C=O) groups is 2. The summed E-state index contributed by atoms with van der Waals surface area (Å²) in [4.78, 5) is 33.7. The molecule has 2 aromatic heterocycles. The topological polar surface area (TPSA) is 78.1 Å². The normalized spacial score (nSPS) is 16.5. The van der Waals surface area contributed by atoms with Gasteiger partial charge in [-0.05, 0) is 24.6 Å². The lowest BCUT2D eigenvalue weighted by Crippen LogP contribution is -2.31. The fourth-order valence-electron chi connectivity index (χ4n) is 3.27. The zero-order chi connectivity index (χ0) is 19.8. The molecule has 2 N–H and O–H groups in total. The molecule has 0 unspecified atom stereocenters. The van der Waals surface area contributed by atoms with E-state index in [-0.39, 0.29) is 18.1 Å². The number of aromatic amines is 1. The van der Waals surface area contributed by atoms with Crippen molar-refractivity contribution in [3.05, 3.63) is 59.7 Å². The number of hydrogen-bond donors (Lipinski definition) is 2. The van der Waals surface area contributed by atoms with Gasteiger partial charge in [-0.25, -0.2) is 13.2 Å². The van der Waals surface area contributed by atoms with Crippen LogP contribution in [0.3, 0.4) is 0 Å². The minimum atomic E-state index is -1.59. The Bertz CT molecular complexity index is 1030. The molecule has 9 heteroatoms. The summed E-state index contributed by atoms with van der Waals surface area (Å²) in [7, 11) is 0. The molecule has 6 nitrogen and oxygen atoms in total. The van der Waals surface area contributed by atoms with Crippen molar-refractivity contribution >= 4 is 28.5 Å². The summed E-state index contributed by atoms with van der Waals surface area (Å²) in [6.07, 6.45) is 2.03. The predicted octanol–water partition coefficient (Wildman–Crippen LogP) is 3.08. The average Bonchev–Trinajstić information content (AvgIpc) is 3.32. The van der Waals surface area contributed by atoms with Crippen molar-refractivity contribution < 1.29 is 22.8 Å². The van der Waals surface area contributed by atoms with Gasteiger partial charge in [-0.3, -0.25) is 14.6 Å². The van der Waals surface area contributed by atoms with E-state index in [0.29, 0.717) is 36.3 Å². The summed E-state index contributed by atoms with van der Waals surface area (Å²) < 4.78 is 39.6. The number of fused-ring (bicyclic) bond motifs is 1. The maximum Gasteiger partial charge on any atom is 0.270 e. The molecule has 0 radical (unpaired) electrons. The Labute approximate surface area is 157 Å². The summed E-state index contributed by atoms with van der Waals surface area (Å²) in [5.74, 6) is -5.64. The molecule has 2 amide bonds. The zero-order valence-electron chi connectivity index (χ0n) is 14.5. The second kappa shape index (κ2) is 6.99. The lowest BCUT2D eigenvalue weighted by molar-refractivity contribution is -0.119. The van der Waals surface area contributed by atoms with E-state index in [1.807, 2.05) is 0 Å². The number of likely N-dealkylation sites (tertiary alicyclic amines) is 1. The van der Waals surface area contributed by atoms with Gasteiger partial charge < -0.3 is 15.2 Å². The number of carbonyl (C=O) groups excluding carboxylic acids is 2. The Kier molecular flexibility index (Phi) is 4.50. The molecule has 28 heavy (non-hydrogen) atoms. The molecule has 144 valence electrons. The van der Waals surface area contributed by atoms with Crippen molar-refractivity contribution in [2.45, 2.75) is 6.42 Å². The standard InChI is InChI=1S/C19H15F3N4O2/c20-12-6-11(7-13(21)17(12)22)24-18(27)10-3-5-26(9-10)19(28)16-8-15-14(25-16)2-1-4-23-15/h1-2,4,6-8,10,25H,3,5,9H2,(H,24,27)/t10-/m0/s1. The first-order valence-electron chi connectivity index (χ1n) is 8.61. The van der Waals surface area contributed by atoms with Gasteiger partial charge in [0.25, 0.3) is 5.91 Å². The number of benzene rings is 1. The van der Waals surface area contributed by atoms with E-state index in [2.05, 4.69) is 15.3 Å². The van der Waals surface area contributed by atoms with E-state index in [0.717, 1.165) is 5.52 Å². The first-order valence-corrected chi connectivity index (χ1v) is 8.61. The van der Waals surface area contributed by atoms with Crippen LogP contribution in [0.4, 0.5) is 18.9 Å². The second-order valence-electron chi connectivity index (χ2n) is 6.60. The molecule has 3 heterocycles. The Balaban J connectivity index is 1.43. The van der Waals surface area contributed by atoms with Crippen molar-refractivity contribution in [3.8, 4) is 0 Å². The first kappa shape index (κ1) is 18.0. The number of hydrogen-bond acceptors (Lipinski definition) is 3. The highest BCUT2D eigenvalue weighted by atomic mass is 19.2. The minimum absolute atomic E-state index is 0.166. The lowest BCUT2D eigenvalue weighted by Gasteiger charge is -2.15. The van der Waals surface area contributed by atoms with Crippen LogP contribution >= 0.6 is 0 Å². The van der Waals surface area contributed by atoms with E-state index >= 15 is 0 Å². The number of pyridine rings is 1. The number of H-pyrrole nitrogens is 1. The van der Waals surface area contributed by atoms with Crippen molar-refractivity contribution in [2.24, 2.45) is 5.92 Å². The molecule has 3 aromatic rings. The van der Waals surface area contributed by atoms with E-state index < -0.39 is 29.3 Å². The first-order chi connectivity index (χ1) is 13.4. The monoisotopic (exact) mass is 388 g/mol. The molecule has 0 saturated carbocycles. The second-order valence-corrected chi connectivity index (χ2v) is 6.60. The number of rotatable bonds is 3. The number of amides is 2. The Hall–Kier alpha value is -3.36.